The van der Waals surface area contributed by atoms with Gasteiger partial charge in [0.05, 0.1) is 29.6 Å². The summed E-state index contributed by atoms with van der Waals surface area (Å²) in [5.41, 5.74) is 0.787. The lowest BCUT2D eigenvalue weighted by Crippen LogP contribution is -2.39. The third kappa shape index (κ3) is 3.29. The van der Waals surface area contributed by atoms with E-state index in [4.69, 9.17) is 17.0 Å². The number of ether oxygens (including phenoxy) is 1. The SMILES string of the molecule is COc1ccccc1C=C1SC(=S)N(C2CCS(=O)(=O)C2)C1=O. The number of nitrogens with zero attached hydrogens (tertiary/aromatic N) is 1. The number of methoxy groups -OCH3 is 1. The first-order chi connectivity index (χ1) is 10.9. The number of hydrogen-bond donors (Lipinski definition) is 0. The molecule has 2 aliphatic heterocycles. The van der Waals surface area contributed by atoms with Crippen LogP contribution in [-0.4, -0.2) is 48.2 Å². The summed E-state index contributed by atoms with van der Waals surface area (Å²) in [5.74, 6) is 0.538. The van der Waals surface area contributed by atoms with Gasteiger partial charge in [0.25, 0.3) is 5.91 Å². The molecular formula is C15H15NO4S3. The second-order valence-electron chi connectivity index (χ2n) is 5.35. The van der Waals surface area contributed by atoms with Crippen LogP contribution in [0.3, 0.4) is 0 Å². The standard InChI is InChI=1S/C15H15NO4S3/c1-20-12-5-3-2-4-10(12)8-13-14(17)16(15(21)22-13)11-6-7-23(18,19)9-11/h2-5,8,11H,6-7,9H2,1H3. The molecule has 0 aromatic heterocycles. The van der Waals surface area contributed by atoms with E-state index in [1.807, 2.05) is 24.3 Å². The largest absolute Gasteiger partial charge is 0.496 e. The summed E-state index contributed by atoms with van der Waals surface area (Å²) >= 11 is 6.49. The number of rotatable bonds is 3. The summed E-state index contributed by atoms with van der Waals surface area (Å²) in [6, 6.07) is 7.03. The quantitative estimate of drug-likeness (QED) is 0.600. The van der Waals surface area contributed by atoms with Gasteiger partial charge in [0.2, 0.25) is 0 Å². The van der Waals surface area contributed by atoms with Crippen molar-refractivity contribution >= 4 is 50.1 Å². The highest BCUT2D eigenvalue weighted by molar-refractivity contribution is 8.26. The van der Waals surface area contributed by atoms with Gasteiger partial charge in [-0.15, -0.1) is 0 Å². The van der Waals surface area contributed by atoms with Crippen LogP contribution in [0.25, 0.3) is 6.08 Å². The van der Waals surface area contributed by atoms with E-state index in [1.165, 1.54) is 16.7 Å². The van der Waals surface area contributed by atoms with Crippen LogP contribution in [0.4, 0.5) is 0 Å². The summed E-state index contributed by atoms with van der Waals surface area (Å²) < 4.78 is 29.0. The predicted molar refractivity (Wildman–Crippen MR) is 95.1 cm³/mol. The first kappa shape index (κ1) is 16.5. The van der Waals surface area contributed by atoms with Crippen molar-refractivity contribution < 1.29 is 17.9 Å². The zero-order chi connectivity index (χ0) is 16.6. The Morgan fingerprint density at radius 3 is 2.78 bits per heavy atom. The molecule has 1 amide bonds. The third-order valence-electron chi connectivity index (χ3n) is 3.82. The maximum Gasteiger partial charge on any atom is 0.266 e. The molecule has 2 aliphatic rings. The van der Waals surface area contributed by atoms with Crippen LogP contribution < -0.4 is 4.74 Å². The second-order valence-corrected chi connectivity index (χ2v) is 9.26. The van der Waals surface area contributed by atoms with Crippen molar-refractivity contribution in [2.24, 2.45) is 0 Å². The highest BCUT2D eigenvalue weighted by Crippen LogP contribution is 2.37. The fraction of sp³-hybridized carbons (Fsp3) is 0.333. The lowest BCUT2D eigenvalue weighted by Gasteiger charge is -2.20. The van der Waals surface area contributed by atoms with Crippen molar-refractivity contribution in [1.82, 2.24) is 4.90 Å². The van der Waals surface area contributed by atoms with Crippen molar-refractivity contribution in [2.45, 2.75) is 12.5 Å². The van der Waals surface area contributed by atoms with Crippen LogP contribution in [0.5, 0.6) is 5.75 Å². The molecule has 1 unspecified atom stereocenters. The van der Waals surface area contributed by atoms with E-state index >= 15 is 0 Å². The van der Waals surface area contributed by atoms with Crippen molar-refractivity contribution in [1.29, 1.82) is 0 Å². The second kappa shape index (κ2) is 6.26. The van der Waals surface area contributed by atoms with E-state index in [1.54, 1.807) is 13.2 Å². The van der Waals surface area contributed by atoms with Crippen LogP contribution in [0.15, 0.2) is 29.2 Å². The molecular weight excluding hydrogens is 354 g/mol. The van der Waals surface area contributed by atoms with Gasteiger partial charge in [-0.05, 0) is 18.6 Å². The molecule has 1 atom stereocenters. The van der Waals surface area contributed by atoms with Crippen molar-refractivity contribution in [3.05, 3.63) is 34.7 Å². The average molecular weight is 369 g/mol. The molecule has 5 nitrogen and oxygen atoms in total. The summed E-state index contributed by atoms with van der Waals surface area (Å²) in [6.07, 6.45) is 2.18. The lowest BCUT2D eigenvalue weighted by atomic mass is 10.1. The normalized spacial score (nSPS) is 25.3. The Morgan fingerprint density at radius 1 is 1.39 bits per heavy atom. The Balaban J connectivity index is 1.88. The van der Waals surface area contributed by atoms with Gasteiger partial charge in [-0.1, -0.05) is 42.2 Å². The zero-order valence-electron chi connectivity index (χ0n) is 12.4. The van der Waals surface area contributed by atoms with E-state index in [9.17, 15) is 13.2 Å². The molecule has 0 radical (unpaired) electrons. The van der Waals surface area contributed by atoms with Crippen LogP contribution in [0.2, 0.25) is 0 Å². The van der Waals surface area contributed by atoms with Crippen molar-refractivity contribution in [3.8, 4) is 5.75 Å². The van der Waals surface area contributed by atoms with Crippen molar-refractivity contribution in [3.63, 3.8) is 0 Å². The number of carbonyl (C=O) groups excluding carboxylic acids is 1. The molecule has 0 spiro atoms. The number of thioether (sulfide) groups is 1. The monoisotopic (exact) mass is 369 g/mol. The Morgan fingerprint density at radius 2 is 2.13 bits per heavy atom. The molecule has 122 valence electrons. The van der Waals surface area contributed by atoms with E-state index in [-0.39, 0.29) is 23.5 Å². The minimum Gasteiger partial charge on any atom is -0.496 e. The Labute approximate surface area is 144 Å². The van der Waals surface area contributed by atoms with E-state index in [2.05, 4.69) is 0 Å². The number of benzene rings is 1. The van der Waals surface area contributed by atoms with Crippen LogP contribution in [0.1, 0.15) is 12.0 Å². The predicted octanol–water partition coefficient (Wildman–Crippen LogP) is 2.08. The molecule has 0 N–H and O–H groups in total. The fourth-order valence-corrected chi connectivity index (χ4v) is 5.79. The molecule has 1 aromatic carbocycles. The molecule has 2 heterocycles. The molecule has 0 aliphatic carbocycles. The van der Waals surface area contributed by atoms with Crippen LogP contribution in [0, 0.1) is 0 Å². The summed E-state index contributed by atoms with van der Waals surface area (Å²) in [6.45, 7) is 0. The smallest absolute Gasteiger partial charge is 0.266 e. The fourth-order valence-electron chi connectivity index (χ4n) is 2.70. The van der Waals surface area contributed by atoms with Crippen LogP contribution in [-0.2, 0) is 14.6 Å². The minimum absolute atomic E-state index is 0.0125. The molecule has 3 rings (SSSR count). The number of carbonyl (C=O) groups is 1. The lowest BCUT2D eigenvalue weighted by molar-refractivity contribution is -0.123. The number of thiocarbonyl (C=S) groups is 1. The first-order valence-corrected chi connectivity index (χ1v) is 10.1. The number of hydrogen-bond acceptors (Lipinski definition) is 6. The maximum atomic E-state index is 12.6. The average Bonchev–Trinajstić information content (AvgIpc) is 2.99. The van der Waals surface area contributed by atoms with Gasteiger partial charge >= 0.3 is 0 Å². The van der Waals surface area contributed by atoms with Gasteiger partial charge in [0, 0.05) is 5.56 Å². The highest BCUT2D eigenvalue weighted by Gasteiger charge is 2.42. The topological polar surface area (TPSA) is 63.7 Å². The third-order valence-corrected chi connectivity index (χ3v) is 6.90. The van der Waals surface area contributed by atoms with Gasteiger partial charge in [-0.25, -0.2) is 8.42 Å². The number of amides is 1. The van der Waals surface area contributed by atoms with Gasteiger partial charge in [-0.3, -0.25) is 9.69 Å². The van der Waals surface area contributed by atoms with Gasteiger partial charge in [0.1, 0.15) is 10.1 Å². The van der Waals surface area contributed by atoms with Crippen LogP contribution >= 0.6 is 24.0 Å². The maximum absolute atomic E-state index is 12.6. The Bertz CT molecular complexity index is 801. The highest BCUT2D eigenvalue weighted by atomic mass is 32.2. The first-order valence-electron chi connectivity index (χ1n) is 7.02. The van der Waals surface area contributed by atoms with Gasteiger partial charge in [0.15, 0.2) is 9.84 Å². The van der Waals surface area contributed by atoms with Crippen molar-refractivity contribution in [2.75, 3.05) is 18.6 Å². The van der Waals surface area contributed by atoms with E-state index < -0.39 is 9.84 Å². The molecule has 1 aromatic rings. The summed E-state index contributed by atoms with van der Waals surface area (Å²) in [5, 5.41) is 0. The number of para-hydroxylation sites is 1. The molecule has 23 heavy (non-hydrogen) atoms. The van der Waals surface area contributed by atoms with E-state index in [0.29, 0.717) is 21.4 Å². The Hall–Kier alpha value is -1.38. The minimum atomic E-state index is -3.07. The zero-order valence-corrected chi connectivity index (χ0v) is 14.8. The molecule has 2 saturated heterocycles. The Kier molecular flexibility index (Phi) is 4.48. The van der Waals surface area contributed by atoms with Gasteiger partial charge < -0.3 is 4.74 Å². The molecule has 2 fully saturated rings. The summed E-state index contributed by atoms with van der Waals surface area (Å²) in [7, 11) is -1.50. The summed E-state index contributed by atoms with van der Waals surface area (Å²) in [4.78, 5) is 14.6. The van der Waals surface area contributed by atoms with Gasteiger partial charge in [-0.2, -0.15) is 0 Å². The molecule has 0 bridgehead atoms. The van der Waals surface area contributed by atoms with E-state index in [0.717, 1.165) is 5.56 Å². The molecule has 0 saturated carbocycles. The molecule has 8 heteroatoms. The number of sulfone groups is 1.